The average molecular weight is 330 g/mol. The third-order valence-corrected chi connectivity index (χ3v) is 4.27. The van der Waals surface area contributed by atoms with Crippen LogP contribution >= 0.6 is 23.2 Å². The lowest BCUT2D eigenvalue weighted by Crippen LogP contribution is -2.57. The summed E-state index contributed by atoms with van der Waals surface area (Å²) in [5.41, 5.74) is 0.498. The lowest BCUT2D eigenvalue weighted by molar-refractivity contribution is -0.116. The summed E-state index contributed by atoms with van der Waals surface area (Å²) in [6.45, 7) is 5.96. The number of amides is 1. The molecular weight excluding hydrogens is 309 g/mol. The Bertz CT molecular complexity index is 472. The van der Waals surface area contributed by atoms with Crippen LogP contribution in [0.2, 0.25) is 10.0 Å². The Hall–Kier alpha value is -0.810. The van der Waals surface area contributed by atoms with Crippen LogP contribution < -0.4 is 10.6 Å². The van der Waals surface area contributed by atoms with E-state index in [0.717, 1.165) is 32.6 Å². The van der Waals surface area contributed by atoms with Crippen LogP contribution in [-0.4, -0.2) is 43.0 Å². The van der Waals surface area contributed by atoms with Crippen molar-refractivity contribution < 1.29 is 4.79 Å². The Morgan fingerprint density at radius 1 is 1.33 bits per heavy atom. The number of hydrogen-bond donors (Lipinski definition) is 2. The molecule has 0 spiro atoms. The molecule has 0 aromatic heterocycles. The van der Waals surface area contributed by atoms with Crippen molar-refractivity contribution in [2.45, 2.75) is 25.8 Å². The number of rotatable bonds is 7. The standard InChI is InChI=1S/C15H21Cl2N3O/c1-2-7-20(11-9-18-10-11)8-6-14(21)19-15-12(16)4-3-5-13(15)17/h3-5,11,18H,2,6-10H2,1H3,(H,19,21). The molecule has 6 heteroatoms. The van der Waals surface area contributed by atoms with Crippen molar-refractivity contribution in [3.8, 4) is 0 Å². The number of anilines is 1. The van der Waals surface area contributed by atoms with Gasteiger partial charge in [0.25, 0.3) is 0 Å². The van der Waals surface area contributed by atoms with Crippen molar-refractivity contribution in [3.05, 3.63) is 28.2 Å². The fourth-order valence-electron chi connectivity index (χ4n) is 2.36. The molecule has 2 N–H and O–H groups in total. The lowest BCUT2D eigenvalue weighted by Gasteiger charge is -2.38. The summed E-state index contributed by atoms with van der Waals surface area (Å²) in [7, 11) is 0. The highest BCUT2D eigenvalue weighted by Crippen LogP contribution is 2.29. The molecule has 116 valence electrons. The third-order valence-electron chi connectivity index (χ3n) is 3.64. The van der Waals surface area contributed by atoms with Crippen molar-refractivity contribution in [1.82, 2.24) is 10.2 Å². The van der Waals surface area contributed by atoms with Crippen molar-refractivity contribution in [1.29, 1.82) is 0 Å². The third kappa shape index (κ3) is 4.58. The van der Waals surface area contributed by atoms with Crippen LogP contribution in [0.1, 0.15) is 19.8 Å². The molecular formula is C15H21Cl2N3O. The number of halogens is 2. The van der Waals surface area contributed by atoms with Crippen LogP contribution in [0.5, 0.6) is 0 Å². The summed E-state index contributed by atoms with van der Waals surface area (Å²) in [6.07, 6.45) is 1.53. The van der Waals surface area contributed by atoms with E-state index in [1.165, 1.54) is 0 Å². The molecule has 4 nitrogen and oxygen atoms in total. The highest BCUT2D eigenvalue weighted by Gasteiger charge is 2.24. The van der Waals surface area contributed by atoms with Gasteiger partial charge in [-0.15, -0.1) is 0 Å². The van der Waals surface area contributed by atoms with E-state index in [0.29, 0.717) is 28.2 Å². The maximum atomic E-state index is 12.1. The van der Waals surface area contributed by atoms with Gasteiger partial charge in [-0.3, -0.25) is 9.69 Å². The Kier molecular flexibility index (Phi) is 6.30. The van der Waals surface area contributed by atoms with E-state index in [1.54, 1.807) is 18.2 Å². The molecule has 1 aromatic carbocycles. The summed E-state index contributed by atoms with van der Waals surface area (Å²) in [5, 5.41) is 7.00. The fourth-order valence-corrected chi connectivity index (χ4v) is 2.85. The van der Waals surface area contributed by atoms with Gasteiger partial charge in [0.15, 0.2) is 0 Å². The number of nitrogens with one attached hydrogen (secondary N) is 2. The van der Waals surface area contributed by atoms with Crippen LogP contribution in [0.3, 0.4) is 0 Å². The zero-order valence-corrected chi connectivity index (χ0v) is 13.7. The van der Waals surface area contributed by atoms with Crippen molar-refractivity contribution in [3.63, 3.8) is 0 Å². The number of nitrogens with zero attached hydrogens (tertiary/aromatic N) is 1. The summed E-state index contributed by atoms with van der Waals surface area (Å²) in [6, 6.07) is 5.74. The smallest absolute Gasteiger partial charge is 0.225 e. The highest BCUT2D eigenvalue weighted by atomic mass is 35.5. The van der Waals surface area contributed by atoms with Gasteiger partial charge < -0.3 is 10.6 Å². The average Bonchev–Trinajstić information content (AvgIpc) is 2.39. The Morgan fingerprint density at radius 3 is 2.52 bits per heavy atom. The van der Waals surface area contributed by atoms with E-state index in [9.17, 15) is 4.79 Å². The number of para-hydroxylation sites is 1. The second kappa shape index (κ2) is 7.99. The topological polar surface area (TPSA) is 44.4 Å². The van der Waals surface area contributed by atoms with Gasteiger partial charge in [0.2, 0.25) is 5.91 Å². The molecule has 1 amide bonds. The molecule has 1 heterocycles. The van der Waals surface area contributed by atoms with Gasteiger partial charge in [0.05, 0.1) is 15.7 Å². The molecule has 1 aliphatic heterocycles. The zero-order valence-electron chi connectivity index (χ0n) is 12.2. The first kappa shape index (κ1) is 16.6. The summed E-state index contributed by atoms with van der Waals surface area (Å²) >= 11 is 12.1. The molecule has 2 rings (SSSR count). The van der Waals surface area contributed by atoms with E-state index in [-0.39, 0.29) is 5.91 Å². The quantitative estimate of drug-likeness (QED) is 0.808. The minimum absolute atomic E-state index is 0.0571. The number of benzene rings is 1. The van der Waals surface area contributed by atoms with Crippen LogP contribution in [0, 0.1) is 0 Å². The van der Waals surface area contributed by atoms with Crippen molar-refractivity contribution in [2.24, 2.45) is 0 Å². The molecule has 0 unspecified atom stereocenters. The van der Waals surface area contributed by atoms with Gasteiger partial charge in [-0.1, -0.05) is 36.2 Å². The molecule has 0 radical (unpaired) electrons. The molecule has 0 aliphatic carbocycles. The van der Waals surface area contributed by atoms with Crippen molar-refractivity contribution >= 4 is 34.8 Å². The molecule has 0 atom stereocenters. The first-order valence-electron chi connectivity index (χ1n) is 7.30. The number of hydrogen-bond acceptors (Lipinski definition) is 3. The fraction of sp³-hybridized carbons (Fsp3) is 0.533. The number of carbonyl (C=O) groups excluding carboxylic acids is 1. The minimum Gasteiger partial charge on any atom is -0.324 e. The maximum absolute atomic E-state index is 12.1. The molecule has 1 saturated heterocycles. The second-order valence-corrected chi connectivity index (χ2v) is 6.06. The molecule has 1 aromatic rings. The normalized spacial score (nSPS) is 15.0. The van der Waals surface area contributed by atoms with Crippen molar-refractivity contribution in [2.75, 3.05) is 31.5 Å². The van der Waals surface area contributed by atoms with Crippen LogP contribution in [0.4, 0.5) is 5.69 Å². The Labute approximate surface area is 135 Å². The van der Waals surface area contributed by atoms with Gasteiger partial charge in [-0.2, -0.15) is 0 Å². The lowest BCUT2D eigenvalue weighted by atomic mass is 10.1. The zero-order chi connectivity index (χ0) is 15.2. The monoisotopic (exact) mass is 329 g/mol. The molecule has 1 aliphatic rings. The Balaban J connectivity index is 1.86. The van der Waals surface area contributed by atoms with E-state index in [2.05, 4.69) is 22.5 Å². The predicted molar refractivity (Wildman–Crippen MR) is 88.2 cm³/mol. The van der Waals surface area contributed by atoms with Gasteiger partial charge >= 0.3 is 0 Å². The summed E-state index contributed by atoms with van der Waals surface area (Å²) in [5.74, 6) is -0.0571. The largest absolute Gasteiger partial charge is 0.324 e. The van der Waals surface area contributed by atoms with Gasteiger partial charge in [0.1, 0.15) is 0 Å². The van der Waals surface area contributed by atoms with Gasteiger partial charge in [-0.05, 0) is 25.1 Å². The van der Waals surface area contributed by atoms with Gasteiger partial charge in [0, 0.05) is 32.1 Å². The molecule has 0 saturated carbocycles. The second-order valence-electron chi connectivity index (χ2n) is 5.24. The van der Waals surface area contributed by atoms with Crippen LogP contribution in [0.25, 0.3) is 0 Å². The van der Waals surface area contributed by atoms with E-state index in [4.69, 9.17) is 23.2 Å². The molecule has 0 bridgehead atoms. The molecule has 21 heavy (non-hydrogen) atoms. The first-order valence-corrected chi connectivity index (χ1v) is 8.06. The molecule has 1 fully saturated rings. The van der Waals surface area contributed by atoms with E-state index in [1.807, 2.05) is 0 Å². The van der Waals surface area contributed by atoms with Crippen LogP contribution in [-0.2, 0) is 4.79 Å². The van der Waals surface area contributed by atoms with Gasteiger partial charge in [-0.25, -0.2) is 0 Å². The van der Waals surface area contributed by atoms with Crippen LogP contribution in [0.15, 0.2) is 18.2 Å². The SMILES string of the molecule is CCCN(CCC(=O)Nc1c(Cl)cccc1Cl)C1CNC1. The summed E-state index contributed by atoms with van der Waals surface area (Å²) < 4.78 is 0. The highest BCUT2D eigenvalue weighted by molar-refractivity contribution is 6.39. The van der Waals surface area contributed by atoms with E-state index < -0.39 is 0 Å². The number of carbonyl (C=O) groups is 1. The maximum Gasteiger partial charge on any atom is 0.225 e. The predicted octanol–water partition coefficient (Wildman–Crippen LogP) is 3.01. The summed E-state index contributed by atoms with van der Waals surface area (Å²) in [4.78, 5) is 14.4. The van der Waals surface area contributed by atoms with E-state index >= 15 is 0 Å². The first-order chi connectivity index (χ1) is 10.1. The minimum atomic E-state index is -0.0571. The Morgan fingerprint density at radius 2 is 2.00 bits per heavy atom.